The van der Waals surface area contributed by atoms with Gasteiger partial charge >= 0.3 is 0 Å². The highest BCUT2D eigenvalue weighted by Gasteiger charge is 2.43. The number of benzene rings is 4. The van der Waals surface area contributed by atoms with Gasteiger partial charge in [0.15, 0.2) is 0 Å². The predicted octanol–water partition coefficient (Wildman–Crippen LogP) is 4.87. The zero-order valence-electron chi connectivity index (χ0n) is 17.3. The number of H-pyrrole nitrogens is 1. The van der Waals surface area contributed by atoms with Gasteiger partial charge in [0.25, 0.3) is 5.91 Å². The number of nitrogens with one attached hydrogen (secondary N) is 1. The Morgan fingerprint density at radius 3 is 1.75 bits per heavy atom. The van der Waals surface area contributed by atoms with Gasteiger partial charge in [-0.05, 0) is 34.9 Å². The first-order valence-corrected chi connectivity index (χ1v) is 10.4. The van der Waals surface area contributed by atoms with Gasteiger partial charge in [0.1, 0.15) is 5.54 Å². The van der Waals surface area contributed by atoms with Crippen molar-refractivity contribution in [2.24, 2.45) is 5.84 Å². The Morgan fingerprint density at radius 2 is 1.25 bits per heavy atom. The Labute approximate surface area is 186 Å². The molecular weight excluding hydrogens is 396 g/mol. The zero-order valence-corrected chi connectivity index (χ0v) is 17.3. The minimum atomic E-state index is -1.02. The summed E-state index contributed by atoms with van der Waals surface area (Å²) in [6, 6.07) is 35.1. The Morgan fingerprint density at radius 1 is 0.750 bits per heavy atom. The van der Waals surface area contributed by atoms with E-state index in [1.54, 1.807) is 12.3 Å². The van der Waals surface area contributed by atoms with Gasteiger partial charge in [-0.25, -0.2) is 5.84 Å². The van der Waals surface area contributed by atoms with Crippen molar-refractivity contribution in [3.05, 3.63) is 138 Å². The highest BCUT2D eigenvalue weighted by atomic mass is 16.2. The van der Waals surface area contributed by atoms with Crippen molar-refractivity contribution in [3.8, 4) is 0 Å². The number of amides is 1. The van der Waals surface area contributed by atoms with Crippen molar-refractivity contribution >= 4 is 16.8 Å². The molecule has 5 rings (SSSR count). The normalized spacial score (nSPS) is 11.4. The van der Waals surface area contributed by atoms with Gasteiger partial charge < -0.3 is 0 Å². The van der Waals surface area contributed by atoms with Crippen molar-refractivity contribution in [1.29, 1.82) is 0 Å². The molecule has 1 aromatic heterocycles. The molecule has 1 amide bonds. The molecule has 0 fully saturated rings. The van der Waals surface area contributed by atoms with E-state index in [1.165, 1.54) is 5.01 Å². The average Bonchev–Trinajstić information content (AvgIpc) is 3.34. The van der Waals surface area contributed by atoms with E-state index in [9.17, 15) is 4.79 Å². The van der Waals surface area contributed by atoms with Gasteiger partial charge in [0.2, 0.25) is 0 Å². The van der Waals surface area contributed by atoms with Crippen LogP contribution in [0.5, 0.6) is 0 Å². The maximum atomic E-state index is 13.8. The number of aromatic nitrogens is 2. The number of fused-ring (bicyclic) bond motifs is 1. The fourth-order valence-electron chi connectivity index (χ4n) is 4.32. The largest absolute Gasteiger partial charge is 0.278 e. The Balaban J connectivity index is 1.76. The second kappa shape index (κ2) is 8.13. The van der Waals surface area contributed by atoms with Crippen LogP contribution in [0.15, 0.2) is 115 Å². The number of nitrogens with zero attached hydrogens (tertiary/aromatic N) is 2. The molecule has 0 aliphatic heterocycles. The number of carbonyl (C=O) groups is 1. The van der Waals surface area contributed by atoms with Gasteiger partial charge in [-0.3, -0.25) is 14.9 Å². The molecule has 0 saturated heterocycles. The second-order valence-corrected chi connectivity index (χ2v) is 7.66. The van der Waals surface area contributed by atoms with E-state index in [0.29, 0.717) is 5.56 Å². The van der Waals surface area contributed by atoms with E-state index in [4.69, 9.17) is 5.84 Å². The average molecular weight is 419 g/mol. The SMILES string of the molecule is NN(C(=O)c1ccc2[nH]ncc2c1)C(c1ccccc1)(c1ccccc1)c1ccccc1. The quantitative estimate of drug-likeness (QED) is 0.185. The van der Waals surface area contributed by atoms with Crippen LogP contribution in [0.1, 0.15) is 27.0 Å². The molecule has 0 radical (unpaired) electrons. The number of nitrogens with two attached hydrogens (primary N) is 1. The van der Waals surface area contributed by atoms with Crippen LogP contribution in [-0.2, 0) is 5.54 Å². The summed E-state index contributed by atoms with van der Waals surface area (Å²) in [5.41, 5.74) is 3.04. The third kappa shape index (κ3) is 3.16. The molecule has 156 valence electrons. The van der Waals surface area contributed by atoms with Gasteiger partial charge in [0.05, 0.1) is 11.7 Å². The summed E-state index contributed by atoms with van der Waals surface area (Å²) in [5.74, 6) is 6.52. The van der Waals surface area contributed by atoms with Crippen LogP contribution < -0.4 is 5.84 Å². The molecule has 32 heavy (non-hydrogen) atoms. The van der Waals surface area contributed by atoms with Crippen LogP contribution in [-0.4, -0.2) is 21.1 Å². The summed E-state index contributed by atoms with van der Waals surface area (Å²) in [5, 5.41) is 9.18. The molecule has 0 aliphatic rings. The number of aromatic amines is 1. The van der Waals surface area contributed by atoms with Crippen LogP contribution in [0, 0.1) is 0 Å². The lowest BCUT2D eigenvalue weighted by Crippen LogP contribution is -2.55. The highest BCUT2D eigenvalue weighted by molar-refractivity contribution is 5.98. The minimum Gasteiger partial charge on any atom is -0.278 e. The van der Waals surface area contributed by atoms with Gasteiger partial charge in [0, 0.05) is 10.9 Å². The first-order chi connectivity index (χ1) is 15.7. The Kier molecular flexibility index (Phi) is 5.01. The van der Waals surface area contributed by atoms with Gasteiger partial charge in [-0.2, -0.15) is 5.10 Å². The minimum absolute atomic E-state index is 0.287. The van der Waals surface area contributed by atoms with Crippen molar-refractivity contribution in [3.63, 3.8) is 0 Å². The summed E-state index contributed by atoms with van der Waals surface area (Å²) in [4.78, 5) is 13.8. The van der Waals surface area contributed by atoms with Crippen molar-refractivity contribution < 1.29 is 4.79 Å². The summed E-state index contributed by atoms with van der Waals surface area (Å²) < 4.78 is 0. The maximum absolute atomic E-state index is 13.8. The van der Waals surface area contributed by atoms with Crippen molar-refractivity contribution in [1.82, 2.24) is 15.2 Å². The lowest BCUT2D eigenvalue weighted by molar-refractivity contribution is 0.0613. The van der Waals surface area contributed by atoms with Gasteiger partial charge in [-0.15, -0.1) is 0 Å². The lowest BCUT2D eigenvalue weighted by atomic mass is 9.76. The number of hydrogen-bond acceptors (Lipinski definition) is 3. The third-order valence-corrected chi connectivity index (χ3v) is 5.84. The molecule has 0 saturated carbocycles. The summed E-state index contributed by atoms with van der Waals surface area (Å²) in [7, 11) is 0. The molecule has 4 aromatic carbocycles. The number of carbonyl (C=O) groups excluding carboxylic acids is 1. The van der Waals surface area contributed by atoms with E-state index in [-0.39, 0.29) is 5.91 Å². The van der Waals surface area contributed by atoms with E-state index in [1.807, 2.05) is 103 Å². The highest BCUT2D eigenvalue weighted by Crippen LogP contribution is 2.41. The number of hydrogen-bond donors (Lipinski definition) is 2. The van der Waals surface area contributed by atoms with Crippen LogP contribution in [0.25, 0.3) is 10.9 Å². The standard InChI is InChI=1S/C27H22N4O/c28-31(26(32)20-16-17-25-21(18-20)19-29-30-25)27(22-10-4-1-5-11-22,23-12-6-2-7-13-23)24-14-8-3-9-15-24/h1-19H,28H2,(H,29,30). The van der Waals surface area contributed by atoms with E-state index in [0.717, 1.165) is 27.6 Å². The molecule has 0 bridgehead atoms. The lowest BCUT2D eigenvalue weighted by Gasteiger charge is -2.42. The Hall–Kier alpha value is -4.22. The van der Waals surface area contributed by atoms with Gasteiger partial charge in [-0.1, -0.05) is 91.0 Å². The number of hydrazine groups is 1. The van der Waals surface area contributed by atoms with Crippen LogP contribution in [0.2, 0.25) is 0 Å². The fraction of sp³-hybridized carbons (Fsp3) is 0.0370. The summed E-state index contributed by atoms with van der Waals surface area (Å²) in [6.07, 6.45) is 1.70. The fourth-order valence-corrected chi connectivity index (χ4v) is 4.32. The van der Waals surface area contributed by atoms with Crippen molar-refractivity contribution in [2.45, 2.75) is 5.54 Å². The first-order valence-electron chi connectivity index (χ1n) is 10.4. The van der Waals surface area contributed by atoms with Crippen molar-refractivity contribution in [2.75, 3.05) is 0 Å². The van der Waals surface area contributed by atoms with E-state index < -0.39 is 5.54 Å². The first kappa shape index (κ1) is 19.7. The molecular formula is C27H22N4O. The van der Waals surface area contributed by atoms with Crippen LogP contribution >= 0.6 is 0 Å². The zero-order chi connectivity index (χ0) is 22.0. The molecule has 5 heteroatoms. The Bertz CT molecular complexity index is 1250. The molecule has 0 spiro atoms. The topological polar surface area (TPSA) is 75.0 Å². The van der Waals surface area contributed by atoms with E-state index >= 15 is 0 Å². The maximum Gasteiger partial charge on any atom is 0.269 e. The smallest absolute Gasteiger partial charge is 0.269 e. The summed E-state index contributed by atoms with van der Waals surface area (Å²) >= 11 is 0. The van der Waals surface area contributed by atoms with E-state index in [2.05, 4.69) is 10.2 Å². The van der Waals surface area contributed by atoms with Crippen LogP contribution in [0.3, 0.4) is 0 Å². The molecule has 0 unspecified atom stereocenters. The third-order valence-electron chi connectivity index (χ3n) is 5.84. The summed E-state index contributed by atoms with van der Waals surface area (Å²) in [6.45, 7) is 0. The monoisotopic (exact) mass is 418 g/mol. The number of rotatable bonds is 5. The molecule has 5 aromatic rings. The molecule has 3 N–H and O–H groups in total. The van der Waals surface area contributed by atoms with Crippen LogP contribution in [0.4, 0.5) is 0 Å². The molecule has 0 atom stereocenters. The molecule has 5 nitrogen and oxygen atoms in total. The predicted molar refractivity (Wildman–Crippen MR) is 126 cm³/mol. The second-order valence-electron chi connectivity index (χ2n) is 7.66. The molecule has 0 aliphatic carbocycles. The molecule has 1 heterocycles.